The van der Waals surface area contributed by atoms with E-state index in [9.17, 15) is 4.79 Å². The molecule has 0 unspecified atom stereocenters. The Morgan fingerprint density at radius 3 is 2.92 bits per heavy atom. The van der Waals surface area contributed by atoms with E-state index in [1.54, 1.807) is 0 Å². The average Bonchev–Trinajstić information content (AvgIpc) is 3.20. The summed E-state index contributed by atoms with van der Waals surface area (Å²) >= 11 is 0. The molecule has 0 atom stereocenters. The van der Waals surface area contributed by atoms with Crippen LogP contribution in [0.3, 0.4) is 0 Å². The van der Waals surface area contributed by atoms with E-state index < -0.39 is 0 Å². The van der Waals surface area contributed by atoms with E-state index in [1.807, 2.05) is 49.4 Å². The van der Waals surface area contributed by atoms with Crippen LogP contribution in [0, 0.1) is 6.92 Å². The Hall–Kier alpha value is -2.95. The Kier molecular flexibility index (Phi) is 3.61. The van der Waals surface area contributed by atoms with Gasteiger partial charge in [0.1, 0.15) is 5.69 Å². The van der Waals surface area contributed by atoms with Crippen LogP contribution >= 0.6 is 0 Å². The van der Waals surface area contributed by atoms with Gasteiger partial charge < -0.3 is 19.8 Å². The van der Waals surface area contributed by atoms with Crippen molar-refractivity contribution in [2.45, 2.75) is 13.3 Å². The number of H-pyrrole nitrogens is 1. The molecule has 0 aliphatic carbocycles. The smallest absolute Gasteiger partial charge is 0.267 e. The van der Waals surface area contributed by atoms with Crippen molar-refractivity contribution in [1.82, 2.24) is 10.3 Å². The minimum Gasteiger partial charge on any atom is -0.454 e. The SMILES string of the molecule is Cc1ccc2cc(C(=O)NCCc3ccc4c(c3)OCO4)[nH]c2c1. The number of rotatable bonds is 4. The van der Waals surface area contributed by atoms with Gasteiger partial charge in [-0.3, -0.25) is 4.79 Å². The summed E-state index contributed by atoms with van der Waals surface area (Å²) in [6.45, 7) is 2.87. The topological polar surface area (TPSA) is 63.4 Å². The average molecular weight is 322 g/mol. The molecule has 2 heterocycles. The first-order valence-corrected chi connectivity index (χ1v) is 7.95. The fourth-order valence-electron chi connectivity index (χ4n) is 2.88. The lowest BCUT2D eigenvalue weighted by atomic mass is 10.1. The lowest BCUT2D eigenvalue weighted by molar-refractivity contribution is 0.0950. The number of aromatic nitrogens is 1. The number of aromatic amines is 1. The van der Waals surface area contributed by atoms with E-state index in [1.165, 1.54) is 5.56 Å². The molecular weight excluding hydrogens is 304 g/mol. The molecule has 2 aromatic carbocycles. The number of nitrogens with one attached hydrogen (secondary N) is 2. The molecule has 3 aromatic rings. The van der Waals surface area contributed by atoms with Crippen LogP contribution in [0.2, 0.25) is 0 Å². The second kappa shape index (κ2) is 5.92. The van der Waals surface area contributed by atoms with Crippen LogP contribution in [0.25, 0.3) is 10.9 Å². The Morgan fingerprint density at radius 1 is 1.12 bits per heavy atom. The van der Waals surface area contributed by atoms with Crippen LogP contribution < -0.4 is 14.8 Å². The third-order valence-corrected chi connectivity index (χ3v) is 4.16. The fourth-order valence-corrected chi connectivity index (χ4v) is 2.88. The summed E-state index contributed by atoms with van der Waals surface area (Å²) in [7, 11) is 0. The molecule has 5 heteroatoms. The van der Waals surface area contributed by atoms with E-state index in [2.05, 4.69) is 10.3 Å². The number of benzene rings is 2. The summed E-state index contributed by atoms with van der Waals surface area (Å²) in [5.74, 6) is 1.45. The monoisotopic (exact) mass is 322 g/mol. The quantitative estimate of drug-likeness (QED) is 0.775. The van der Waals surface area contributed by atoms with Crippen LogP contribution in [-0.2, 0) is 6.42 Å². The van der Waals surface area contributed by atoms with Crippen molar-refractivity contribution >= 4 is 16.8 Å². The highest BCUT2D eigenvalue weighted by atomic mass is 16.7. The molecule has 122 valence electrons. The largest absolute Gasteiger partial charge is 0.454 e. The standard InChI is InChI=1S/C19H18N2O3/c1-12-2-4-14-10-16(21-15(14)8-12)19(22)20-7-6-13-3-5-17-18(9-13)24-11-23-17/h2-5,8-10,21H,6-7,11H2,1H3,(H,20,22). The summed E-state index contributed by atoms with van der Waals surface area (Å²) in [4.78, 5) is 15.5. The van der Waals surface area contributed by atoms with Gasteiger partial charge in [-0.1, -0.05) is 18.2 Å². The predicted molar refractivity (Wildman–Crippen MR) is 91.6 cm³/mol. The summed E-state index contributed by atoms with van der Waals surface area (Å²) in [5.41, 5.74) is 3.84. The number of hydrogen-bond acceptors (Lipinski definition) is 3. The third kappa shape index (κ3) is 2.80. The molecule has 0 fully saturated rings. The summed E-state index contributed by atoms with van der Waals surface area (Å²) in [6.07, 6.45) is 0.738. The predicted octanol–water partition coefficient (Wildman–Crippen LogP) is 3.18. The van der Waals surface area contributed by atoms with Gasteiger partial charge in [0.2, 0.25) is 6.79 Å². The number of carbonyl (C=O) groups is 1. The highest BCUT2D eigenvalue weighted by Crippen LogP contribution is 2.32. The molecule has 0 radical (unpaired) electrons. The van der Waals surface area contributed by atoms with Crippen LogP contribution in [-0.4, -0.2) is 24.2 Å². The number of aryl methyl sites for hydroxylation is 1. The van der Waals surface area contributed by atoms with Gasteiger partial charge in [-0.05, 0) is 48.7 Å². The third-order valence-electron chi connectivity index (χ3n) is 4.16. The number of hydrogen-bond donors (Lipinski definition) is 2. The maximum Gasteiger partial charge on any atom is 0.267 e. The molecule has 1 aromatic heterocycles. The molecule has 1 amide bonds. The normalized spacial score (nSPS) is 12.5. The van der Waals surface area contributed by atoms with Crippen LogP contribution in [0.15, 0.2) is 42.5 Å². The Morgan fingerprint density at radius 2 is 2.00 bits per heavy atom. The highest BCUT2D eigenvalue weighted by molar-refractivity contribution is 5.98. The van der Waals surface area contributed by atoms with E-state index >= 15 is 0 Å². The first-order chi connectivity index (χ1) is 11.7. The zero-order valence-corrected chi connectivity index (χ0v) is 13.4. The van der Waals surface area contributed by atoms with Gasteiger partial charge in [0.25, 0.3) is 5.91 Å². The molecule has 5 nitrogen and oxygen atoms in total. The van der Waals surface area contributed by atoms with Crippen molar-refractivity contribution in [2.75, 3.05) is 13.3 Å². The Balaban J connectivity index is 1.39. The van der Waals surface area contributed by atoms with Crippen LogP contribution in [0.5, 0.6) is 11.5 Å². The zero-order valence-electron chi connectivity index (χ0n) is 13.4. The van der Waals surface area contributed by atoms with Gasteiger partial charge in [-0.2, -0.15) is 0 Å². The van der Waals surface area contributed by atoms with Crippen LogP contribution in [0.1, 0.15) is 21.6 Å². The fraction of sp³-hybridized carbons (Fsp3) is 0.211. The van der Waals surface area contributed by atoms with Crippen molar-refractivity contribution in [2.24, 2.45) is 0 Å². The summed E-state index contributed by atoms with van der Waals surface area (Å²) in [6, 6.07) is 13.8. The first-order valence-electron chi connectivity index (χ1n) is 7.95. The van der Waals surface area contributed by atoms with Crippen LogP contribution in [0.4, 0.5) is 0 Å². The molecule has 1 aliphatic rings. The number of ether oxygens (including phenoxy) is 2. The summed E-state index contributed by atoms with van der Waals surface area (Å²) < 4.78 is 10.7. The van der Waals surface area contributed by atoms with Gasteiger partial charge in [0.05, 0.1) is 0 Å². The minimum atomic E-state index is -0.0930. The van der Waals surface area contributed by atoms with Gasteiger partial charge in [-0.15, -0.1) is 0 Å². The van der Waals surface area contributed by atoms with E-state index in [0.29, 0.717) is 12.2 Å². The number of fused-ring (bicyclic) bond motifs is 2. The molecule has 24 heavy (non-hydrogen) atoms. The lowest BCUT2D eigenvalue weighted by Crippen LogP contribution is -2.25. The maximum atomic E-state index is 12.3. The maximum absolute atomic E-state index is 12.3. The minimum absolute atomic E-state index is 0.0930. The van der Waals surface area contributed by atoms with Gasteiger partial charge in [-0.25, -0.2) is 0 Å². The van der Waals surface area contributed by atoms with E-state index in [-0.39, 0.29) is 12.7 Å². The van der Waals surface area contributed by atoms with Gasteiger partial charge >= 0.3 is 0 Å². The molecule has 0 saturated heterocycles. The van der Waals surface area contributed by atoms with E-state index in [4.69, 9.17) is 9.47 Å². The molecule has 0 saturated carbocycles. The lowest BCUT2D eigenvalue weighted by Gasteiger charge is -2.05. The number of amides is 1. The van der Waals surface area contributed by atoms with Gasteiger partial charge in [0.15, 0.2) is 11.5 Å². The van der Waals surface area contributed by atoms with Crippen molar-refractivity contribution in [3.05, 3.63) is 59.3 Å². The second-order valence-electron chi connectivity index (χ2n) is 5.97. The summed E-state index contributed by atoms with van der Waals surface area (Å²) in [5, 5.41) is 3.99. The zero-order chi connectivity index (χ0) is 16.5. The van der Waals surface area contributed by atoms with Crippen molar-refractivity contribution in [3.8, 4) is 11.5 Å². The highest BCUT2D eigenvalue weighted by Gasteiger charge is 2.13. The Labute approximate surface area is 139 Å². The Bertz CT molecular complexity index is 914. The molecule has 2 N–H and O–H groups in total. The van der Waals surface area contributed by atoms with Crippen molar-refractivity contribution in [1.29, 1.82) is 0 Å². The first kappa shape index (κ1) is 14.6. The molecule has 1 aliphatic heterocycles. The van der Waals surface area contributed by atoms with Crippen molar-refractivity contribution < 1.29 is 14.3 Å². The van der Waals surface area contributed by atoms with E-state index in [0.717, 1.165) is 34.4 Å². The second-order valence-corrected chi connectivity index (χ2v) is 5.97. The van der Waals surface area contributed by atoms with Gasteiger partial charge in [0, 0.05) is 17.4 Å². The molecule has 0 bridgehead atoms. The number of carbonyl (C=O) groups excluding carboxylic acids is 1. The molecule has 4 rings (SSSR count). The molecular formula is C19H18N2O3. The molecule has 0 spiro atoms. The van der Waals surface area contributed by atoms with Crippen molar-refractivity contribution in [3.63, 3.8) is 0 Å².